The average molecular weight is 265 g/mol. The summed E-state index contributed by atoms with van der Waals surface area (Å²) in [6.07, 6.45) is 0.182. The largest absolute Gasteiger partial charge is 0.484 e. The molecule has 1 amide bonds. The second-order valence-electron chi connectivity index (χ2n) is 5.19. The summed E-state index contributed by atoms with van der Waals surface area (Å²) in [6.45, 7) is 6.28. The van der Waals surface area contributed by atoms with Crippen LogP contribution in [-0.2, 0) is 4.79 Å². The number of rotatable bonds is 7. The number of hydrogen-bond donors (Lipinski definition) is 2. The summed E-state index contributed by atoms with van der Waals surface area (Å²) in [5, 5.41) is 12.3. The lowest BCUT2D eigenvalue weighted by Crippen LogP contribution is -2.35. The lowest BCUT2D eigenvalue weighted by molar-refractivity contribution is -0.123. The van der Waals surface area contributed by atoms with Gasteiger partial charge in [-0.1, -0.05) is 26.0 Å². The smallest absolute Gasteiger partial charge is 0.258 e. The minimum atomic E-state index is -0.497. The summed E-state index contributed by atoms with van der Waals surface area (Å²) < 4.78 is 5.37. The Morgan fingerprint density at radius 2 is 2.16 bits per heavy atom. The van der Waals surface area contributed by atoms with E-state index >= 15 is 0 Å². The highest BCUT2D eigenvalue weighted by molar-refractivity contribution is 5.77. The van der Waals surface area contributed by atoms with Crippen LogP contribution in [0.2, 0.25) is 0 Å². The molecule has 0 saturated carbocycles. The number of amides is 1. The number of carbonyl (C=O) groups is 1. The molecule has 0 radical (unpaired) electrons. The predicted octanol–water partition coefficient (Wildman–Crippen LogP) is 1.90. The molecule has 0 aliphatic carbocycles. The van der Waals surface area contributed by atoms with Crippen molar-refractivity contribution in [2.45, 2.75) is 33.3 Å². The van der Waals surface area contributed by atoms with Crippen LogP contribution in [0.5, 0.6) is 5.75 Å². The number of nitrogens with one attached hydrogen (secondary N) is 1. The van der Waals surface area contributed by atoms with Crippen LogP contribution in [0.4, 0.5) is 0 Å². The van der Waals surface area contributed by atoms with Crippen molar-refractivity contribution >= 4 is 5.91 Å². The molecule has 0 aliphatic rings. The molecule has 2 N–H and O–H groups in total. The molecule has 0 heterocycles. The molecule has 0 bridgehead atoms. The first-order valence-electron chi connectivity index (χ1n) is 6.61. The summed E-state index contributed by atoms with van der Waals surface area (Å²) >= 11 is 0. The second-order valence-corrected chi connectivity index (χ2v) is 5.19. The zero-order valence-corrected chi connectivity index (χ0v) is 11.8. The molecule has 19 heavy (non-hydrogen) atoms. The SMILES string of the molecule is Cc1cccc(OCC(=O)NCC(O)CC(C)C)c1. The maximum atomic E-state index is 11.5. The van der Waals surface area contributed by atoms with E-state index in [9.17, 15) is 9.90 Å². The molecule has 0 aliphatic heterocycles. The molecule has 1 aromatic rings. The van der Waals surface area contributed by atoms with Gasteiger partial charge in [0.25, 0.3) is 5.91 Å². The number of aliphatic hydroxyl groups is 1. The number of ether oxygens (including phenoxy) is 1. The molecule has 0 saturated heterocycles. The second kappa shape index (κ2) is 7.79. The van der Waals surface area contributed by atoms with E-state index in [1.165, 1.54) is 0 Å². The monoisotopic (exact) mass is 265 g/mol. The minimum absolute atomic E-state index is 0.0299. The van der Waals surface area contributed by atoms with Gasteiger partial charge in [-0.05, 0) is 37.0 Å². The van der Waals surface area contributed by atoms with Gasteiger partial charge in [-0.3, -0.25) is 4.79 Å². The summed E-state index contributed by atoms with van der Waals surface area (Å²) in [6, 6.07) is 7.54. The van der Waals surface area contributed by atoms with Crippen LogP contribution in [0.3, 0.4) is 0 Å². The Bertz CT molecular complexity index is 404. The lowest BCUT2D eigenvalue weighted by atomic mass is 10.1. The highest BCUT2D eigenvalue weighted by Gasteiger charge is 2.09. The maximum Gasteiger partial charge on any atom is 0.258 e. The standard InChI is InChI=1S/C15H23NO3/c1-11(2)7-13(17)9-16-15(18)10-19-14-6-4-5-12(3)8-14/h4-6,8,11,13,17H,7,9-10H2,1-3H3,(H,16,18). The van der Waals surface area contributed by atoms with Crippen LogP contribution in [0, 0.1) is 12.8 Å². The van der Waals surface area contributed by atoms with E-state index in [-0.39, 0.29) is 19.1 Å². The Hall–Kier alpha value is -1.55. The van der Waals surface area contributed by atoms with Crippen LogP contribution >= 0.6 is 0 Å². The van der Waals surface area contributed by atoms with Crippen molar-refractivity contribution in [1.29, 1.82) is 0 Å². The Morgan fingerprint density at radius 3 is 2.79 bits per heavy atom. The highest BCUT2D eigenvalue weighted by Crippen LogP contribution is 2.11. The average Bonchev–Trinajstić information content (AvgIpc) is 2.33. The van der Waals surface area contributed by atoms with Crippen LogP contribution in [-0.4, -0.2) is 30.3 Å². The van der Waals surface area contributed by atoms with Crippen LogP contribution in [0.15, 0.2) is 24.3 Å². The molecule has 0 spiro atoms. The Kier molecular flexibility index (Phi) is 6.36. The van der Waals surface area contributed by atoms with Crippen molar-refractivity contribution in [2.24, 2.45) is 5.92 Å². The van der Waals surface area contributed by atoms with Crippen LogP contribution < -0.4 is 10.1 Å². The van der Waals surface area contributed by atoms with Gasteiger partial charge in [0.05, 0.1) is 6.10 Å². The van der Waals surface area contributed by atoms with Gasteiger partial charge in [0, 0.05) is 6.54 Å². The van der Waals surface area contributed by atoms with Gasteiger partial charge in [-0.25, -0.2) is 0 Å². The van der Waals surface area contributed by atoms with E-state index in [1.54, 1.807) is 0 Å². The summed E-state index contributed by atoms with van der Waals surface area (Å²) in [5.41, 5.74) is 1.09. The first-order chi connectivity index (χ1) is 8.97. The Labute approximate surface area is 114 Å². The zero-order chi connectivity index (χ0) is 14.3. The van der Waals surface area contributed by atoms with Gasteiger partial charge in [0.2, 0.25) is 0 Å². The van der Waals surface area contributed by atoms with Crippen LogP contribution in [0.25, 0.3) is 0 Å². The third-order valence-corrected chi connectivity index (χ3v) is 2.64. The Balaban J connectivity index is 2.25. The molecule has 1 rings (SSSR count). The van der Waals surface area contributed by atoms with Gasteiger partial charge in [-0.15, -0.1) is 0 Å². The molecule has 106 valence electrons. The molecule has 0 aromatic heterocycles. The fraction of sp³-hybridized carbons (Fsp3) is 0.533. The molecule has 4 nitrogen and oxygen atoms in total. The van der Waals surface area contributed by atoms with E-state index in [1.807, 2.05) is 45.0 Å². The fourth-order valence-electron chi connectivity index (χ4n) is 1.76. The zero-order valence-electron chi connectivity index (χ0n) is 11.8. The number of hydrogen-bond acceptors (Lipinski definition) is 3. The van der Waals surface area contributed by atoms with Crippen molar-refractivity contribution in [3.05, 3.63) is 29.8 Å². The van der Waals surface area contributed by atoms with E-state index < -0.39 is 6.10 Å². The number of aryl methyl sites for hydroxylation is 1. The summed E-state index contributed by atoms with van der Waals surface area (Å²) in [4.78, 5) is 11.5. The maximum absolute atomic E-state index is 11.5. The normalized spacial score (nSPS) is 12.3. The molecular formula is C15H23NO3. The van der Waals surface area contributed by atoms with Crippen molar-refractivity contribution in [2.75, 3.05) is 13.2 Å². The predicted molar refractivity (Wildman–Crippen MR) is 75.1 cm³/mol. The molecule has 1 atom stereocenters. The summed E-state index contributed by atoms with van der Waals surface area (Å²) in [5.74, 6) is 0.873. The van der Waals surface area contributed by atoms with Gasteiger partial charge in [0.1, 0.15) is 5.75 Å². The van der Waals surface area contributed by atoms with E-state index in [0.717, 1.165) is 5.56 Å². The third kappa shape index (κ3) is 6.82. The van der Waals surface area contributed by atoms with E-state index in [2.05, 4.69) is 5.32 Å². The first-order valence-corrected chi connectivity index (χ1v) is 6.61. The van der Waals surface area contributed by atoms with Gasteiger partial charge in [0.15, 0.2) is 6.61 Å². The minimum Gasteiger partial charge on any atom is -0.484 e. The molecule has 4 heteroatoms. The van der Waals surface area contributed by atoms with Crippen molar-refractivity contribution < 1.29 is 14.6 Å². The molecule has 1 unspecified atom stereocenters. The molecule has 0 fully saturated rings. The highest BCUT2D eigenvalue weighted by atomic mass is 16.5. The van der Waals surface area contributed by atoms with Gasteiger partial charge in [-0.2, -0.15) is 0 Å². The van der Waals surface area contributed by atoms with Crippen molar-refractivity contribution in [3.8, 4) is 5.75 Å². The van der Waals surface area contributed by atoms with Gasteiger partial charge >= 0.3 is 0 Å². The molecular weight excluding hydrogens is 242 g/mol. The first kappa shape index (κ1) is 15.5. The fourth-order valence-corrected chi connectivity index (χ4v) is 1.76. The summed E-state index contributed by atoms with van der Waals surface area (Å²) in [7, 11) is 0. The number of benzene rings is 1. The number of aliphatic hydroxyl groups excluding tert-OH is 1. The lowest BCUT2D eigenvalue weighted by Gasteiger charge is -2.14. The Morgan fingerprint density at radius 1 is 1.42 bits per heavy atom. The quantitative estimate of drug-likeness (QED) is 0.791. The van der Waals surface area contributed by atoms with Gasteiger partial charge < -0.3 is 15.2 Å². The number of carbonyl (C=O) groups excluding carboxylic acids is 1. The topological polar surface area (TPSA) is 58.6 Å². The van der Waals surface area contributed by atoms with Crippen LogP contribution in [0.1, 0.15) is 25.8 Å². The molecule has 1 aromatic carbocycles. The van der Waals surface area contributed by atoms with Crippen molar-refractivity contribution in [1.82, 2.24) is 5.32 Å². The van der Waals surface area contributed by atoms with E-state index in [4.69, 9.17) is 4.74 Å². The van der Waals surface area contributed by atoms with Crippen molar-refractivity contribution in [3.63, 3.8) is 0 Å². The third-order valence-electron chi connectivity index (χ3n) is 2.64. The van der Waals surface area contributed by atoms with E-state index in [0.29, 0.717) is 18.1 Å².